The van der Waals surface area contributed by atoms with Crippen molar-refractivity contribution in [2.24, 2.45) is 0 Å². The predicted octanol–water partition coefficient (Wildman–Crippen LogP) is 0.268. The van der Waals surface area contributed by atoms with Crippen LogP contribution in [0.25, 0.3) is 0 Å². The molecule has 0 saturated carbocycles. The van der Waals surface area contributed by atoms with Crippen LogP contribution >= 0.6 is 23.5 Å². The number of aliphatic hydroxyl groups is 1. The Balaban J connectivity index is 4.56. The van der Waals surface area contributed by atoms with Crippen molar-refractivity contribution in [2.45, 2.75) is 6.92 Å². The maximum absolute atomic E-state index is 11.1. The zero-order valence-electron chi connectivity index (χ0n) is 9.52. The molecule has 0 aromatic carbocycles. The Morgan fingerprint density at radius 3 is 2.00 bits per heavy atom. The minimum atomic E-state index is -5.48. The van der Waals surface area contributed by atoms with Gasteiger partial charge in [0, 0.05) is 0 Å². The lowest BCUT2D eigenvalue weighted by atomic mass is 10.3. The van der Waals surface area contributed by atoms with Crippen molar-refractivity contribution in [1.29, 1.82) is 0 Å². The van der Waals surface area contributed by atoms with E-state index in [0.29, 0.717) is 5.57 Å². The van der Waals surface area contributed by atoms with Gasteiger partial charge in [-0.3, -0.25) is 4.52 Å². The second-order valence-corrected chi connectivity index (χ2v) is 7.52. The van der Waals surface area contributed by atoms with Crippen LogP contribution in [0.5, 0.6) is 0 Å². The Hall–Kier alpha value is 0.110. The van der Waals surface area contributed by atoms with Crippen LogP contribution in [0.4, 0.5) is 0 Å². The predicted molar refractivity (Wildman–Crippen MR) is 60.7 cm³/mol. The highest BCUT2D eigenvalue weighted by atomic mass is 31.3. The Labute approximate surface area is 107 Å². The molecule has 0 amide bonds. The number of hydrogen-bond donors (Lipinski definition) is 5. The third kappa shape index (κ3) is 10.5. The molecule has 0 aliphatic rings. The summed E-state index contributed by atoms with van der Waals surface area (Å²) in [4.78, 5) is 34.3. The molecule has 0 fully saturated rings. The van der Waals surface area contributed by atoms with Crippen molar-refractivity contribution < 1.29 is 51.5 Å². The van der Waals surface area contributed by atoms with E-state index in [-0.39, 0.29) is 6.61 Å². The quantitative estimate of drug-likeness (QED) is 0.302. The third-order valence-electron chi connectivity index (χ3n) is 1.33. The maximum Gasteiger partial charge on any atom is 0.490 e. The summed E-state index contributed by atoms with van der Waals surface area (Å²) in [6.07, 6.45) is 1.18. The Morgan fingerprint density at radius 2 is 1.58 bits per heavy atom. The van der Waals surface area contributed by atoms with E-state index in [4.69, 9.17) is 24.7 Å². The highest BCUT2D eigenvalue weighted by molar-refractivity contribution is 7.66. The Bertz CT molecular complexity index is 463. The number of phosphoric ester groups is 1. The van der Waals surface area contributed by atoms with Gasteiger partial charge in [-0.15, -0.1) is 0 Å². The van der Waals surface area contributed by atoms with Crippen molar-refractivity contribution in [2.75, 3.05) is 13.2 Å². The van der Waals surface area contributed by atoms with Gasteiger partial charge in [0.25, 0.3) is 0 Å². The first-order chi connectivity index (χ1) is 8.37. The summed E-state index contributed by atoms with van der Waals surface area (Å²) in [5.41, 5.74) is 0.388. The summed E-state index contributed by atoms with van der Waals surface area (Å²) >= 11 is 0. The third-order valence-corrected chi connectivity index (χ3v) is 5.14. The van der Waals surface area contributed by atoms with Gasteiger partial charge >= 0.3 is 23.5 Å². The van der Waals surface area contributed by atoms with Gasteiger partial charge in [0.15, 0.2) is 0 Å². The van der Waals surface area contributed by atoms with E-state index >= 15 is 0 Å². The van der Waals surface area contributed by atoms with E-state index in [1.807, 2.05) is 0 Å². The average Bonchev–Trinajstić information content (AvgIpc) is 2.10. The fourth-order valence-corrected chi connectivity index (χ4v) is 3.60. The molecule has 0 bridgehead atoms. The van der Waals surface area contributed by atoms with Crippen LogP contribution in [0.3, 0.4) is 0 Å². The number of rotatable bonds is 8. The zero-order valence-corrected chi connectivity index (χ0v) is 12.2. The fourth-order valence-electron chi connectivity index (χ4n) is 0.642. The molecule has 19 heavy (non-hydrogen) atoms. The summed E-state index contributed by atoms with van der Waals surface area (Å²) in [5, 5.41) is 8.60. The van der Waals surface area contributed by atoms with Crippen molar-refractivity contribution in [3.63, 3.8) is 0 Å². The fraction of sp³-hybridized carbons (Fsp3) is 0.600. The minimum Gasteiger partial charge on any atom is -0.392 e. The Kier molecular flexibility index (Phi) is 7.26. The first-order valence-corrected chi connectivity index (χ1v) is 8.94. The second kappa shape index (κ2) is 7.21. The highest BCUT2D eigenvalue weighted by Gasteiger charge is 2.40. The molecule has 11 nitrogen and oxygen atoms in total. The van der Waals surface area contributed by atoms with E-state index in [0.717, 1.165) is 0 Å². The van der Waals surface area contributed by atoms with Crippen LogP contribution in [0.2, 0.25) is 0 Å². The van der Waals surface area contributed by atoms with Crippen LogP contribution in [-0.2, 0) is 26.8 Å². The minimum absolute atomic E-state index is 0.334. The van der Waals surface area contributed by atoms with Gasteiger partial charge in [0.1, 0.15) is 0 Å². The molecule has 0 aliphatic carbocycles. The summed E-state index contributed by atoms with van der Waals surface area (Å²) in [6, 6.07) is 0. The first kappa shape index (κ1) is 19.1. The average molecular weight is 342 g/mol. The van der Waals surface area contributed by atoms with E-state index in [9.17, 15) is 13.7 Å². The van der Waals surface area contributed by atoms with Crippen LogP contribution in [0.15, 0.2) is 11.6 Å². The zero-order chi connectivity index (χ0) is 15.3. The van der Waals surface area contributed by atoms with Crippen molar-refractivity contribution in [3.8, 4) is 0 Å². The van der Waals surface area contributed by atoms with Gasteiger partial charge < -0.3 is 24.7 Å². The van der Waals surface area contributed by atoms with Gasteiger partial charge in [-0.25, -0.2) is 13.7 Å². The molecule has 0 heterocycles. The lowest BCUT2D eigenvalue weighted by Gasteiger charge is -2.15. The molecule has 0 aromatic heterocycles. The van der Waals surface area contributed by atoms with Gasteiger partial charge in [-0.2, -0.15) is 8.62 Å². The molecule has 0 saturated heterocycles. The maximum atomic E-state index is 11.1. The molecule has 114 valence electrons. The molecule has 5 N–H and O–H groups in total. The molecule has 0 spiro atoms. The largest absolute Gasteiger partial charge is 0.490 e. The van der Waals surface area contributed by atoms with Gasteiger partial charge in [-0.05, 0) is 12.5 Å². The van der Waals surface area contributed by atoms with Gasteiger partial charge in [0.2, 0.25) is 0 Å². The van der Waals surface area contributed by atoms with Gasteiger partial charge in [0.05, 0.1) is 13.2 Å². The van der Waals surface area contributed by atoms with Crippen molar-refractivity contribution in [3.05, 3.63) is 11.6 Å². The monoisotopic (exact) mass is 342 g/mol. The molecule has 0 rings (SSSR count). The van der Waals surface area contributed by atoms with E-state index in [1.54, 1.807) is 0 Å². The van der Waals surface area contributed by atoms with Crippen molar-refractivity contribution in [1.82, 2.24) is 0 Å². The molecule has 14 heteroatoms. The van der Waals surface area contributed by atoms with Crippen molar-refractivity contribution >= 4 is 23.5 Å². The van der Waals surface area contributed by atoms with Crippen LogP contribution in [-0.4, -0.2) is 37.9 Å². The topological polar surface area (TPSA) is 180 Å². The number of hydrogen-bond acceptors (Lipinski definition) is 7. The number of phosphoric acid groups is 3. The first-order valence-electron chi connectivity index (χ1n) is 4.42. The lowest BCUT2D eigenvalue weighted by molar-refractivity contribution is 0.181. The standard InChI is InChI=1S/C5H13O11P3/c1-5(4-6)2-3-14-18(10,11)16-19(12,13)15-17(7,8)9/h2,6H,3-4H2,1H3,(H,10,11)(H,12,13)(H2,7,8,9)/b5-2+. The summed E-state index contributed by atoms with van der Waals surface area (Å²) in [5.74, 6) is 0. The summed E-state index contributed by atoms with van der Waals surface area (Å²) < 4.78 is 43.5. The highest BCUT2D eigenvalue weighted by Crippen LogP contribution is 2.66. The molecule has 2 atom stereocenters. The van der Waals surface area contributed by atoms with E-state index in [2.05, 4.69) is 13.1 Å². The molecule has 0 radical (unpaired) electrons. The van der Waals surface area contributed by atoms with Crippen LogP contribution in [0, 0.1) is 0 Å². The van der Waals surface area contributed by atoms with E-state index in [1.165, 1.54) is 13.0 Å². The molecular weight excluding hydrogens is 329 g/mol. The van der Waals surface area contributed by atoms with Gasteiger partial charge in [-0.1, -0.05) is 6.08 Å². The molecular formula is C5H13O11P3. The molecule has 0 aromatic rings. The van der Waals surface area contributed by atoms with E-state index < -0.39 is 30.1 Å². The second-order valence-electron chi connectivity index (χ2n) is 3.10. The summed E-state index contributed by atoms with van der Waals surface area (Å²) in [7, 11) is -15.9. The van der Waals surface area contributed by atoms with Crippen LogP contribution in [0.1, 0.15) is 6.92 Å². The van der Waals surface area contributed by atoms with Crippen LogP contribution < -0.4 is 0 Å². The molecule has 2 unspecified atom stereocenters. The summed E-state index contributed by atoms with van der Waals surface area (Å²) in [6.45, 7) is 0.593. The normalized spacial score (nSPS) is 19.8. The lowest BCUT2D eigenvalue weighted by Crippen LogP contribution is -1.97. The smallest absolute Gasteiger partial charge is 0.392 e. The molecule has 0 aliphatic heterocycles. The SMILES string of the molecule is C/C(=C\COP(=O)(O)OP(=O)(O)OP(=O)(O)O)CO. The Morgan fingerprint density at radius 1 is 1.05 bits per heavy atom. The number of aliphatic hydroxyl groups excluding tert-OH is 1.